The number of carbonyl (C=O) groups excluding carboxylic acids is 2. The lowest BCUT2D eigenvalue weighted by Crippen LogP contribution is -2.66. The molecule has 246 valence electrons. The predicted octanol–water partition coefficient (Wildman–Crippen LogP) is 5.52. The van der Waals surface area contributed by atoms with Gasteiger partial charge in [0.15, 0.2) is 5.82 Å². The molecule has 2 amide bonds. The van der Waals surface area contributed by atoms with Gasteiger partial charge in [0.2, 0.25) is 5.91 Å². The van der Waals surface area contributed by atoms with Crippen LogP contribution < -0.4 is 15.4 Å². The van der Waals surface area contributed by atoms with E-state index in [0.717, 1.165) is 0 Å². The minimum absolute atomic E-state index is 0.00271. The summed E-state index contributed by atoms with van der Waals surface area (Å²) in [7, 11) is 1.48. The second kappa shape index (κ2) is 11.1. The molecule has 5 aromatic rings. The van der Waals surface area contributed by atoms with Gasteiger partial charge in [-0.1, -0.05) is 26.5 Å². The first-order valence-corrected chi connectivity index (χ1v) is 15.8. The Kier molecular flexibility index (Phi) is 7.22. The van der Waals surface area contributed by atoms with Gasteiger partial charge in [0.25, 0.3) is 11.5 Å². The van der Waals surface area contributed by atoms with Gasteiger partial charge >= 0.3 is 0 Å². The van der Waals surface area contributed by atoms with Crippen molar-refractivity contribution in [3.05, 3.63) is 88.1 Å². The third kappa shape index (κ3) is 4.31. The Labute approximate surface area is 275 Å². The zero-order valence-corrected chi connectivity index (χ0v) is 27.6. The number of nitrogens with one attached hydrogen (secondary N) is 1. The molecule has 2 atom stereocenters. The molecule has 2 aliphatic rings. The molecule has 1 N–H and O–H groups in total. The van der Waals surface area contributed by atoms with Gasteiger partial charge in [0, 0.05) is 42.2 Å². The van der Waals surface area contributed by atoms with Crippen LogP contribution in [0, 0.1) is 25.5 Å². The van der Waals surface area contributed by atoms with Crippen LogP contribution in [0.25, 0.3) is 38.6 Å². The average Bonchev–Trinajstić information content (AvgIpc) is 3.53. The second-order valence-electron chi connectivity index (χ2n) is 13.0. The summed E-state index contributed by atoms with van der Waals surface area (Å²) in [5.41, 5.74) is 2.29. The third-order valence-corrected chi connectivity index (χ3v) is 9.74. The van der Waals surface area contributed by atoms with E-state index in [1.54, 1.807) is 41.1 Å². The number of pyridine rings is 2. The lowest BCUT2D eigenvalue weighted by atomic mass is 9.92. The summed E-state index contributed by atoms with van der Waals surface area (Å²) in [4.78, 5) is 50.8. The summed E-state index contributed by atoms with van der Waals surface area (Å²) in [6, 6.07) is 5.27. The minimum atomic E-state index is -0.927. The normalized spacial score (nSPS) is 17.8. The molecule has 3 aromatic heterocycles. The Bertz CT molecular complexity index is 2270. The van der Waals surface area contributed by atoms with Crippen molar-refractivity contribution in [2.75, 3.05) is 29.9 Å². The van der Waals surface area contributed by atoms with Crippen LogP contribution in [0.2, 0.25) is 0 Å². The van der Waals surface area contributed by atoms with E-state index < -0.39 is 35.2 Å². The number of hydrogen-bond acceptors (Lipinski definition) is 6. The average molecular weight is 652 g/mol. The van der Waals surface area contributed by atoms with E-state index in [2.05, 4.69) is 21.8 Å². The van der Waals surface area contributed by atoms with E-state index in [9.17, 15) is 14.4 Å². The van der Waals surface area contributed by atoms with Crippen LogP contribution >= 0.6 is 0 Å². The fourth-order valence-corrected chi connectivity index (χ4v) is 7.41. The number of nitrogens with zero attached hydrogens (tertiary/aromatic N) is 6. The fraction of sp³-hybridized carbons (Fsp3) is 0.306. The molecular weight excluding hydrogens is 616 g/mol. The van der Waals surface area contributed by atoms with Crippen LogP contribution in [0.3, 0.4) is 0 Å². The number of benzene rings is 2. The third-order valence-electron chi connectivity index (χ3n) is 9.74. The lowest BCUT2D eigenvalue weighted by molar-refractivity contribution is -0.130. The van der Waals surface area contributed by atoms with Crippen LogP contribution in [0.4, 0.5) is 20.2 Å². The van der Waals surface area contributed by atoms with Gasteiger partial charge in [-0.05, 0) is 62.1 Å². The summed E-state index contributed by atoms with van der Waals surface area (Å²) in [5, 5.41) is 7.63. The molecule has 1 fully saturated rings. The van der Waals surface area contributed by atoms with E-state index in [0.29, 0.717) is 39.0 Å². The number of amides is 2. The molecule has 10 nitrogen and oxygen atoms in total. The summed E-state index contributed by atoms with van der Waals surface area (Å²) in [5.74, 6) is -2.67. The van der Waals surface area contributed by atoms with Crippen molar-refractivity contribution >= 4 is 45.0 Å². The van der Waals surface area contributed by atoms with Gasteiger partial charge in [-0.25, -0.2) is 8.78 Å². The van der Waals surface area contributed by atoms with Crippen LogP contribution in [0.1, 0.15) is 43.5 Å². The Morgan fingerprint density at radius 1 is 1.04 bits per heavy atom. The summed E-state index contributed by atoms with van der Waals surface area (Å²) >= 11 is 0. The van der Waals surface area contributed by atoms with E-state index >= 15 is 8.78 Å². The Hall–Kier alpha value is -5.39. The van der Waals surface area contributed by atoms with E-state index in [4.69, 9.17) is 0 Å². The van der Waals surface area contributed by atoms with Gasteiger partial charge in [-0.2, -0.15) is 5.10 Å². The number of fused-ring (bicyclic) bond motifs is 6. The molecule has 1 saturated heterocycles. The molecule has 2 aromatic carbocycles. The van der Waals surface area contributed by atoms with Gasteiger partial charge in [0.05, 0.1) is 46.4 Å². The highest BCUT2D eigenvalue weighted by Crippen LogP contribution is 2.46. The molecule has 0 unspecified atom stereocenters. The number of halogens is 2. The standard InChI is InChI=1S/C36H35F2N7O3/c1-8-26(46)43-16-25-35(47)42(7)34-33(44(25)15-20(43)6)21-13-23(37)28(27-18(4)9-10-24-22(27)14-40-41-24)29(38)32(21)45(36(34)48)31-19(5)11-12-39-30(31)17(2)3/h8-14,17,20,25H,1,15-16H2,2-7H3,(H,40,41)/t20-,25-/m1/s1. The van der Waals surface area contributed by atoms with Crippen molar-refractivity contribution in [1.82, 2.24) is 24.6 Å². The zero-order valence-electron chi connectivity index (χ0n) is 27.6. The SMILES string of the molecule is C=CC(=O)N1C[C@@H]2C(=O)N(C)c3c(c4cc(F)c(-c5c(C)ccc6[nH]ncc56)c(F)c4n(-c4c(C)ccnc4C(C)C)c3=O)N2C[C@H]1C. The predicted molar refractivity (Wildman–Crippen MR) is 182 cm³/mol. The van der Waals surface area contributed by atoms with Crippen LogP contribution in [-0.2, 0) is 9.59 Å². The Balaban J connectivity index is 1.65. The van der Waals surface area contributed by atoms with E-state index in [1.807, 2.05) is 27.7 Å². The van der Waals surface area contributed by atoms with Gasteiger partial charge in [-0.3, -0.25) is 29.0 Å². The highest BCUT2D eigenvalue weighted by Gasteiger charge is 2.46. The van der Waals surface area contributed by atoms with Crippen molar-refractivity contribution in [3.63, 3.8) is 0 Å². The first-order valence-electron chi connectivity index (χ1n) is 15.8. The van der Waals surface area contributed by atoms with Crippen molar-refractivity contribution < 1.29 is 18.4 Å². The van der Waals surface area contributed by atoms with Crippen molar-refractivity contribution in [2.45, 2.75) is 52.6 Å². The molecule has 0 radical (unpaired) electrons. The number of hydrogen-bond donors (Lipinski definition) is 1. The first kappa shape index (κ1) is 31.2. The molecule has 0 bridgehead atoms. The highest BCUT2D eigenvalue weighted by atomic mass is 19.1. The number of piperazine rings is 1. The van der Waals surface area contributed by atoms with Gasteiger partial charge < -0.3 is 14.7 Å². The van der Waals surface area contributed by atoms with E-state index in [1.165, 1.54) is 34.9 Å². The van der Waals surface area contributed by atoms with Gasteiger partial charge in [0.1, 0.15) is 17.5 Å². The maximum atomic E-state index is 17.7. The number of rotatable bonds is 4. The zero-order chi connectivity index (χ0) is 34.3. The molecule has 0 aliphatic carbocycles. The fourth-order valence-electron chi connectivity index (χ4n) is 7.41. The van der Waals surface area contributed by atoms with Crippen LogP contribution in [0.5, 0.6) is 0 Å². The van der Waals surface area contributed by atoms with Crippen molar-refractivity contribution in [1.29, 1.82) is 0 Å². The summed E-state index contributed by atoms with van der Waals surface area (Å²) in [6.07, 6.45) is 4.36. The number of carbonyl (C=O) groups is 2. The van der Waals surface area contributed by atoms with Gasteiger partial charge in [-0.15, -0.1) is 0 Å². The molecule has 12 heteroatoms. The van der Waals surface area contributed by atoms with Crippen molar-refractivity contribution in [3.8, 4) is 16.8 Å². The Morgan fingerprint density at radius 2 is 1.79 bits per heavy atom. The van der Waals surface area contributed by atoms with Crippen LogP contribution in [0.15, 0.2) is 54.1 Å². The summed E-state index contributed by atoms with van der Waals surface area (Å²) < 4.78 is 35.7. The van der Waals surface area contributed by atoms with Crippen molar-refractivity contribution in [2.24, 2.45) is 0 Å². The molecule has 7 rings (SSSR count). The lowest BCUT2D eigenvalue weighted by Gasteiger charge is -2.50. The molecule has 5 heterocycles. The van der Waals surface area contributed by atoms with E-state index in [-0.39, 0.29) is 52.8 Å². The maximum Gasteiger partial charge on any atom is 0.281 e. The molecular formula is C36H35F2N7O3. The maximum absolute atomic E-state index is 17.7. The number of anilines is 2. The quantitative estimate of drug-likeness (QED) is 0.257. The molecule has 0 spiro atoms. The number of aromatic amines is 1. The topological polar surface area (TPSA) is 107 Å². The largest absolute Gasteiger partial charge is 0.354 e. The number of aromatic nitrogens is 4. The first-order chi connectivity index (χ1) is 22.9. The molecule has 0 saturated carbocycles. The number of aryl methyl sites for hydroxylation is 2. The summed E-state index contributed by atoms with van der Waals surface area (Å²) in [6.45, 7) is 13.0. The smallest absolute Gasteiger partial charge is 0.281 e. The molecule has 2 aliphatic heterocycles. The highest BCUT2D eigenvalue weighted by molar-refractivity contribution is 6.13. The molecule has 48 heavy (non-hydrogen) atoms. The monoisotopic (exact) mass is 651 g/mol. The van der Waals surface area contributed by atoms with Crippen LogP contribution in [-0.4, -0.2) is 68.7 Å². The second-order valence-corrected chi connectivity index (χ2v) is 13.0. The minimum Gasteiger partial charge on any atom is -0.354 e. The number of likely N-dealkylation sites (N-methyl/N-ethyl adjacent to an activating group) is 1. The Morgan fingerprint density at radius 3 is 2.50 bits per heavy atom. The number of H-pyrrole nitrogens is 1.